The summed E-state index contributed by atoms with van der Waals surface area (Å²) in [6.45, 7) is 5.32. The van der Waals surface area contributed by atoms with E-state index in [4.69, 9.17) is 4.52 Å². The number of halogens is 1. The summed E-state index contributed by atoms with van der Waals surface area (Å²) in [4.78, 5) is 18.4. The molecule has 25 heavy (non-hydrogen) atoms. The van der Waals surface area contributed by atoms with Crippen molar-refractivity contribution in [2.45, 2.75) is 32.7 Å². The molecule has 0 saturated carbocycles. The minimum atomic E-state index is -0.284. The second kappa shape index (κ2) is 7.31. The average molecular weight is 346 g/mol. The molecule has 0 radical (unpaired) electrons. The van der Waals surface area contributed by atoms with Crippen molar-refractivity contribution in [2.75, 3.05) is 20.1 Å². The first-order valence-corrected chi connectivity index (χ1v) is 8.55. The Hall–Kier alpha value is -2.28. The topological polar surface area (TPSA) is 71.3 Å². The van der Waals surface area contributed by atoms with Crippen LogP contribution in [-0.4, -0.2) is 41.1 Å². The van der Waals surface area contributed by atoms with Crippen LogP contribution in [0.1, 0.15) is 37.3 Å². The van der Waals surface area contributed by atoms with E-state index >= 15 is 0 Å². The quantitative estimate of drug-likeness (QED) is 0.922. The molecule has 0 bridgehead atoms. The summed E-state index contributed by atoms with van der Waals surface area (Å²) in [5, 5.41) is 6.70. The summed E-state index contributed by atoms with van der Waals surface area (Å²) in [5.74, 6) is 0.791. The number of hydrogen-bond acceptors (Lipinski definition) is 5. The number of carbonyl (C=O) groups is 1. The van der Waals surface area contributed by atoms with Crippen molar-refractivity contribution in [1.82, 2.24) is 20.4 Å². The number of hydrogen-bond donors (Lipinski definition) is 1. The Kier molecular flexibility index (Phi) is 5.13. The highest BCUT2D eigenvalue weighted by Gasteiger charge is 2.29. The van der Waals surface area contributed by atoms with Crippen LogP contribution in [0.2, 0.25) is 0 Å². The lowest BCUT2D eigenvalue weighted by molar-refractivity contribution is -0.126. The van der Waals surface area contributed by atoms with E-state index in [2.05, 4.69) is 20.4 Å². The summed E-state index contributed by atoms with van der Waals surface area (Å²) >= 11 is 0. The van der Waals surface area contributed by atoms with E-state index in [1.165, 1.54) is 6.07 Å². The zero-order valence-corrected chi connectivity index (χ0v) is 14.8. The molecule has 7 heteroatoms. The number of likely N-dealkylation sites (tertiary alicyclic amines) is 1. The molecule has 1 atom stereocenters. The fraction of sp³-hybridized carbons (Fsp3) is 0.500. The molecule has 0 aliphatic carbocycles. The van der Waals surface area contributed by atoms with Crippen LogP contribution in [0.25, 0.3) is 11.4 Å². The normalized spacial score (nSPS) is 17.4. The molecular weight excluding hydrogens is 323 g/mol. The summed E-state index contributed by atoms with van der Waals surface area (Å²) in [6, 6.07) is 4.87. The Morgan fingerprint density at radius 1 is 1.40 bits per heavy atom. The summed E-state index contributed by atoms with van der Waals surface area (Å²) < 4.78 is 19.1. The monoisotopic (exact) mass is 346 g/mol. The van der Waals surface area contributed by atoms with Crippen molar-refractivity contribution < 1.29 is 13.7 Å². The first-order chi connectivity index (χ1) is 12.0. The molecule has 0 spiro atoms. The highest BCUT2D eigenvalue weighted by atomic mass is 19.1. The van der Waals surface area contributed by atoms with Gasteiger partial charge in [0, 0.05) is 18.5 Å². The molecule has 1 saturated heterocycles. The zero-order valence-electron chi connectivity index (χ0n) is 14.8. The van der Waals surface area contributed by atoms with E-state index < -0.39 is 0 Å². The van der Waals surface area contributed by atoms with Crippen molar-refractivity contribution >= 4 is 5.91 Å². The van der Waals surface area contributed by atoms with Gasteiger partial charge in [-0.15, -0.1) is 0 Å². The van der Waals surface area contributed by atoms with Crippen LogP contribution in [0, 0.1) is 18.7 Å². The first kappa shape index (κ1) is 17.5. The van der Waals surface area contributed by atoms with Crippen molar-refractivity contribution in [3.8, 4) is 11.4 Å². The predicted octanol–water partition coefficient (Wildman–Crippen LogP) is 2.70. The third-order valence-electron chi connectivity index (χ3n) is 4.92. The molecule has 134 valence electrons. The summed E-state index contributed by atoms with van der Waals surface area (Å²) in [5.41, 5.74) is 1.18. The van der Waals surface area contributed by atoms with Crippen LogP contribution < -0.4 is 5.32 Å². The third kappa shape index (κ3) is 3.71. The number of aryl methyl sites for hydroxylation is 1. The van der Waals surface area contributed by atoms with Crippen LogP contribution in [0.5, 0.6) is 0 Å². The van der Waals surface area contributed by atoms with E-state index in [9.17, 15) is 9.18 Å². The van der Waals surface area contributed by atoms with E-state index in [0.717, 1.165) is 25.9 Å². The minimum absolute atomic E-state index is 0.0396. The predicted molar refractivity (Wildman–Crippen MR) is 91.2 cm³/mol. The maximum absolute atomic E-state index is 13.7. The van der Waals surface area contributed by atoms with E-state index in [0.29, 0.717) is 22.8 Å². The molecular formula is C18H23FN4O2. The highest BCUT2D eigenvalue weighted by Crippen LogP contribution is 2.27. The molecule has 1 unspecified atom stereocenters. The smallest absolute Gasteiger partial charge is 0.244 e. The molecule has 2 heterocycles. The Morgan fingerprint density at radius 3 is 2.76 bits per heavy atom. The molecule has 2 aromatic rings. The summed E-state index contributed by atoms with van der Waals surface area (Å²) in [6.07, 6.45) is 1.63. The number of piperidine rings is 1. The Labute approximate surface area is 146 Å². The lowest BCUT2D eigenvalue weighted by Crippen LogP contribution is -2.40. The van der Waals surface area contributed by atoms with Gasteiger partial charge in [0.05, 0.1) is 6.04 Å². The average Bonchev–Trinajstić information content (AvgIpc) is 3.13. The number of nitrogens with one attached hydrogen (secondary N) is 1. The molecule has 3 rings (SSSR count). The molecule has 1 aromatic heterocycles. The van der Waals surface area contributed by atoms with Gasteiger partial charge in [0.1, 0.15) is 5.82 Å². The van der Waals surface area contributed by atoms with Crippen molar-refractivity contribution in [3.63, 3.8) is 0 Å². The summed E-state index contributed by atoms with van der Waals surface area (Å²) in [7, 11) is 1.67. The molecule has 1 aliphatic heterocycles. The van der Waals surface area contributed by atoms with Crippen molar-refractivity contribution in [1.29, 1.82) is 0 Å². The standard InChI is InChI=1S/C18H23FN4O2/c1-11-4-5-14(10-15(11)19)16-21-18(25-22-16)12(2)23-8-6-13(7-9-23)17(24)20-3/h4-5,10,12-13H,6-9H2,1-3H3,(H,20,24). The maximum atomic E-state index is 13.7. The Morgan fingerprint density at radius 2 is 2.12 bits per heavy atom. The van der Waals surface area contributed by atoms with Gasteiger partial charge in [-0.1, -0.05) is 17.3 Å². The van der Waals surface area contributed by atoms with Gasteiger partial charge < -0.3 is 9.84 Å². The van der Waals surface area contributed by atoms with Crippen LogP contribution in [-0.2, 0) is 4.79 Å². The lowest BCUT2D eigenvalue weighted by atomic mass is 9.95. The van der Waals surface area contributed by atoms with Crippen LogP contribution in [0.3, 0.4) is 0 Å². The largest absolute Gasteiger partial charge is 0.359 e. The van der Waals surface area contributed by atoms with Crippen molar-refractivity contribution in [3.05, 3.63) is 35.5 Å². The van der Waals surface area contributed by atoms with Gasteiger partial charge in [-0.25, -0.2) is 4.39 Å². The molecule has 1 fully saturated rings. The second-order valence-electron chi connectivity index (χ2n) is 6.52. The molecule has 1 aliphatic rings. The van der Waals surface area contributed by atoms with Gasteiger partial charge in [-0.2, -0.15) is 4.98 Å². The third-order valence-corrected chi connectivity index (χ3v) is 4.92. The number of aromatic nitrogens is 2. The highest BCUT2D eigenvalue weighted by molar-refractivity contribution is 5.78. The van der Waals surface area contributed by atoms with Gasteiger partial charge in [0.15, 0.2) is 0 Å². The van der Waals surface area contributed by atoms with Crippen LogP contribution in [0.15, 0.2) is 22.7 Å². The fourth-order valence-corrected chi connectivity index (χ4v) is 3.16. The second-order valence-corrected chi connectivity index (χ2v) is 6.52. The molecule has 1 aromatic carbocycles. The van der Waals surface area contributed by atoms with Crippen LogP contribution >= 0.6 is 0 Å². The maximum Gasteiger partial charge on any atom is 0.244 e. The van der Waals surface area contributed by atoms with E-state index in [-0.39, 0.29) is 23.7 Å². The van der Waals surface area contributed by atoms with Crippen LogP contribution in [0.4, 0.5) is 4.39 Å². The Bertz CT molecular complexity index is 753. The van der Waals surface area contributed by atoms with E-state index in [1.54, 1.807) is 26.1 Å². The molecule has 1 amide bonds. The number of amides is 1. The van der Waals surface area contributed by atoms with Crippen molar-refractivity contribution in [2.24, 2.45) is 5.92 Å². The minimum Gasteiger partial charge on any atom is -0.359 e. The van der Waals surface area contributed by atoms with Gasteiger partial charge in [0.2, 0.25) is 17.6 Å². The Balaban J connectivity index is 1.68. The zero-order chi connectivity index (χ0) is 18.0. The lowest BCUT2D eigenvalue weighted by Gasteiger charge is -2.33. The van der Waals surface area contributed by atoms with Gasteiger partial charge in [-0.05, 0) is 51.4 Å². The van der Waals surface area contributed by atoms with Gasteiger partial charge in [-0.3, -0.25) is 9.69 Å². The molecule has 1 N–H and O–H groups in total. The number of benzene rings is 1. The van der Waals surface area contributed by atoms with E-state index in [1.807, 2.05) is 6.92 Å². The van der Waals surface area contributed by atoms with Gasteiger partial charge >= 0.3 is 0 Å². The SMILES string of the molecule is CNC(=O)C1CCN(C(C)c2nc(-c3ccc(C)c(F)c3)no2)CC1. The number of nitrogens with zero attached hydrogens (tertiary/aromatic N) is 3. The fourth-order valence-electron chi connectivity index (χ4n) is 3.16. The van der Waals surface area contributed by atoms with Gasteiger partial charge in [0.25, 0.3) is 0 Å². The molecule has 6 nitrogen and oxygen atoms in total. The number of carbonyl (C=O) groups excluding carboxylic acids is 1. The first-order valence-electron chi connectivity index (χ1n) is 8.55. The number of rotatable bonds is 4.